The monoisotopic (exact) mass is 470 g/mol. The molecule has 2 amide bonds. The summed E-state index contributed by atoms with van der Waals surface area (Å²) in [6.07, 6.45) is 2.62. The van der Waals surface area contributed by atoms with Gasteiger partial charge in [0.05, 0.1) is 36.9 Å². The van der Waals surface area contributed by atoms with E-state index in [1.165, 1.54) is 31.6 Å². The van der Waals surface area contributed by atoms with Crippen molar-refractivity contribution in [2.45, 2.75) is 6.10 Å². The number of rotatable bonds is 7. The summed E-state index contributed by atoms with van der Waals surface area (Å²) in [6.45, 7) is 0.587. The van der Waals surface area contributed by atoms with Crippen molar-refractivity contribution in [3.63, 3.8) is 0 Å². The van der Waals surface area contributed by atoms with E-state index in [2.05, 4.69) is 20.9 Å². The lowest BCUT2D eigenvalue weighted by molar-refractivity contribution is 0.114. The van der Waals surface area contributed by atoms with Crippen molar-refractivity contribution in [1.29, 1.82) is 0 Å². The third-order valence-electron chi connectivity index (χ3n) is 3.43. The van der Waals surface area contributed by atoms with Crippen molar-refractivity contribution in [3.05, 3.63) is 49.6 Å². The van der Waals surface area contributed by atoms with E-state index in [1.807, 2.05) is 0 Å². The van der Waals surface area contributed by atoms with Gasteiger partial charge in [0.2, 0.25) is 0 Å². The van der Waals surface area contributed by atoms with Crippen LogP contribution in [0.5, 0.6) is 0 Å². The first kappa shape index (κ1) is 22.1. The Morgan fingerprint density at radius 1 is 1.04 bits per heavy atom. The molecule has 0 aliphatic heterocycles. The van der Waals surface area contributed by atoms with Crippen molar-refractivity contribution in [3.8, 4) is 0 Å². The van der Waals surface area contributed by atoms with Crippen molar-refractivity contribution in [1.82, 2.24) is 10.3 Å². The van der Waals surface area contributed by atoms with E-state index in [4.69, 9.17) is 62.7 Å². The van der Waals surface area contributed by atoms with Crippen LogP contribution in [0.25, 0.3) is 0 Å². The number of halogens is 5. The molecule has 0 saturated heterocycles. The largest absolute Gasteiger partial charge is 0.380 e. The van der Waals surface area contributed by atoms with Crippen LogP contribution in [0.2, 0.25) is 25.1 Å². The molecule has 2 rings (SSSR count). The Morgan fingerprint density at radius 2 is 1.63 bits per heavy atom. The van der Waals surface area contributed by atoms with Crippen LogP contribution in [0.1, 0.15) is 0 Å². The van der Waals surface area contributed by atoms with Crippen molar-refractivity contribution >= 4 is 75.4 Å². The summed E-state index contributed by atoms with van der Waals surface area (Å²) in [5.74, 6) is 0. The first-order valence-corrected chi connectivity index (χ1v) is 9.45. The van der Waals surface area contributed by atoms with Gasteiger partial charge in [0.25, 0.3) is 0 Å². The molecule has 27 heavy (non-hydrogen) atoms. The van der Waals surface area contributed by atoms with E-state index >= 15 is 0 Å². The highest BCUT2D eigenvalue weighted by Gasteiger charge is 2.13. The molecule has 146 valence electrons. The second-order valence-corrected chi connectivity index (χ2v) is 7.31. The Labute approximate surface area is 181 Å². The molecule has 1 heterocycles. The number of carbonyl (C=O) groups excluding carboxylic acids is 1. The summed E-state index contributed by atoms with van der Waals surface area (Å²) in [7, 11) is 1.53. The average molecular weight is 473 g/mol. The number of ether oxygens (including phenoxy) is 1. The van der Waals surface area contributed by atoms with Gasteiger partial charge in [0.15, 0.2) is 0 Å². The lowest BCUT2D eigenvalue weighted by Crippen LogP contribution is -2.39. The second-order valence-electron chi connectivity index (χ2n) is 5.31. The molecule has 0 saturated carbocycles. The van der Waals surface area contributed by atoms with Gasteiger partial charge in [-0.15, -0.1) is 0 Å². The maximum atomic E-state index is 12.1. The summed E-state index contributed by atoms with van der Waals surface area (Å²) in [5.41, 5.74) is 0.958. The predicted molar refractivity (Wildman–Crippen MR) is 112 cm³/mol. The molecule has 0 spiro atoms. The van der Waals surface area contributed by atoms with E-state index in [1.54, 1.807) is 0 Å². The zero-order chi connectivity index (χ0) is 20.0. The average Bonchev–Trinajstić information content (AvgIpc) is 2.61. The van der Waals surface area contributed by atoms with Crippen LogP contribution < -0.4 is 16.0 Å². The SMILES string of the molecule is COC(CNC(=O)Nc1cc(Cl)c(Cl)c(Cl)c1)CNc1c(Cl)cncc1Cl. The normalized spacial score (nSPS) is 11.8. The van der Waals surface area contributed by atoms with Gasteiger partial charge in [-0.1, -0.05) is 58.0 Å². The highest BCUT2D eigenvalue weighted by Crippen LogP contribution is 2.33. The van der Waals surface area contributed by atoms with Crippen LogP contribution in [0.4, 0.5) is 16.2 Å². The molecular weight excluding hydrogens is 457 g/mol. The third kappa shape index (κ3) is 6.45. The number of methoxy groups -OCH3 is 1. The minimum absolute atomic E-state index is 0.225. The van der Waals surface area contributed by atoms with Gasteiger partial charge in [-0.2, -0.15) is 0 Å². The number of hydrogen-bond donors (Lipinski definition) is 3. The van der Waals surface area contributed by atoms with Crippen LogP contribution in [0, 0.1) is 0 Å². The molecule has 1 aromatic heterocycles. The van der Waals surface area contributed by atoms with Crippen molar-refractivity contribution < 1.29 is 9.53 Å². The Hall–Kier alpha value is -1.15. The first-order chi connectivity index (χ1) is 12.8. The first-order valence-electron chi connectivity index (χ1n) is 7.57. The molecule has 0 fully saturated rings. The van der Waals surface area contributed by atoms with Crippen LogP contribution in [0.15, 0.2) is 24.5 Å². The van der Waals surface area contributed by atoms with E-state index in [9.17, 15) is 4.79 Å². The Kier molecular flexibility index (Phi) is 8.54. The van der Waals surface area contributed by atoms with E-state index < -0.39 is 6.03 Å². The predicted octanol–water partition coefficient (Wildman–Crippen LogP) is 5.60. The quantitative estimate of drug-likeness (QED) is 0.459. The number of anilines is 2. The van der Waals surface area contributed by atoms with Crippen molar-refractivity contribution in [2.75, 3.05) is 30.8 Å². The van der Waals surface area contributed by atoms with Crippen LogP contribution in [-0.2, 0) is 4.74 Å². The minimum Gasteiger partial charge on any atom is -0.380 e. The zero-order valence-corrected chi connectivity index (χ0v) is 17.7. The lowest BCUT2D eigenvalue weighted by Gasteiger charge is -2.19. The lowest BCUT2D eigenvalue weighted by atomic mass is 10.3. The number of carbonyl (C=O) groups is 1. The summed E-state index contributed by atoms with van der Waals surface area (Å²) >= 11 is 29.8. The molecule has 0 aliphatic rings. The fourth-order valence-electron chi connectivity index (χ4n) is 2.04. The van der Waals surface area contributed by atoms with E-state index in [0.29, 0.717) is 28.0 Å². The highest BCUT2D eigenvalue weighted by molar-refractivity contribution is 6.48. The summed E-state index contributed by atoms with van der Waals surface area (Å²) < 4.78 is 5.34. The molecule has 1 aromatic carbocycles. The summed E-state index contributed by atoms with van der Waals surface area (Å²) in [5, 5.41) is 9.87. The molecule has 0 radical (unpaired) electrons. The van der Waals surface area contributed by atoms with Crippen LogP contribution in [-0.4, -0.2) is 37.3 Å². The second kappa shape index (κ2) is 10.4. The Bertz CT molecular complexity index is 778. The summed E-state index contributed by atoms with van der Waals surface area (Å²) in [4.78, 5) is 15.9. The molecule has 2 aromatic rings. The number of pyridine rings is 1. The molecule has 11 heteroatoms. The zero-order valence-electron chi connectivity index (χ0n) is 14.0. The standard InChI is InChI=1S/C16H15Cl5N4O2/c1-27-9(4-23-15-12(19)6-22-7-13(15)20)5-24-16(26)25-8-2-10(17)14(21)11(18)3-8/h2-3,6-7,9H,4-5H2,1H3,(H,22,23)(H2,24,25,26). The number of amides is 2. The number of hydrogen-bond acceptors (Lipinski definition) is 4. The topological polar surface area (TPSA) is 75.3 Å². The number of benzene rings is 1. The number of aromatic nitrogens is 1. The van der Waals surface area contributed by atoms with Crippen LogP contribution >= 0.6 is 58.0 Å². The molecule has 1 atom stereocenters. The number of nitrogens with zero attached hydrogens (tertiary/aromatic N) is 1. The maximum absolute atomic E-state index is 12.1. The number of nitrogens with one attached hydrogen (secondary N) is 3. The van der Waals surface area contributed by atoms with Crippen LogP contribution in [0.3, 0.4) is 0 Å². The fourth-order valence-corrected chi connectivity index (χ4v) is 3.14. The van der Waals surface area contributed by atoms with Gasteiger partial charge in [0, 0.05) is 38.3 Å². The molecule has 1 unspecified atom stereocenters. The van der Waals surface area contributed by atoms with Gasteiger partial charge in [-0.25, -0.2) is 4.79 Å². The molecule has 0 bridgehead atoms. The Balaban J connectivity index is 1.87. The fraction of sp³-hybridized carbons (Fsp3) is 0.250. The highest BCUT2D eigenvalue weighted by atomic mass is 35.5. The van der Waals surface area contributed by atoms with E-state index in [0.717, 1.165) is 0 Å². The van der Waals surface area contributed by atoms with Gasteiger partial charge < -0.3 is 20.7 Å². The summed E-state index contributed by atoms with van der Waals surface area (Å²) in [6, 6.07) is 2.54. The molecular formula is C16H15Cl5N4O2. The minimum atomic E-state index is -0.452. The third-order valence-corrected chi connectivity index (χ3v) is 5.20. The molecule has 3 N–H and O–H groups in total. The van der Waals surface area contributed by atoms with Gasteiger partial charge in [-0.3, -0.25) is 4.98 Å². The van der Waals surface area contributed by atoms with Gasteiger partial charge >= 0.3 is 6.03 Å². The number of urea groups is 1. The van der Waals surface area contributed by atoms with Gasteiger partial charge in [-0.05, 0) is 12.1 Å². The smallest absolute Gasteiger partial charge is 0.319 e. The maximum Gasteiger partial charge on any atom is 0.319 e. The Morgan fingerprint density at radius 3 is 2.19 bits per heavy atom. The molecule has 6 nitrogen and oxygen atoms in total. The van der Waals surface area contributed by atoms with Crippen molar-refractivity contribution in [2.24, 2.45) is 0 Å². The van der Waals surface area contributed by atoms with E-state index in [-0.39, 0.29) is 27.7 Å². The van der Waals surface area contributed by atoms with Gasteiger partial charge in [0.1, 0.15) is 0 Å². The molecule has 0 aliphatic carbocycles.